The van der Waals surface area contributed by atoms with Crippen molar-refractivity contribution in [2.45, 2.75) is 6.92 Å². The fraction of sp³-hybridized carbons (Fsp3) is 0.100. The largest absolute Gasteiger partial charge is 0.398 e. The monoisotopic (exact) mass is 312 g/mol. The SMILES string of the molecule is Cc1nnc(NC(=O)c2cccc(N)c2Br)s1. The number of nitrogen functional groups attached to an aromatic ring is 1. The lowest BCUT2D eigenvalue weighted by Gasteiger charge is -2.05. The molecule has 0 atom stereocenters. The zero-order valence-electron chi connectivity index (χ0n) is 8.90. The van der Waals surface area contributed by atoms with Crippen molar-refractivity contribution in [2.75, 3.05) is 11.1 Å². The fourth-order valence-electron chi connectivity index (χ4n) is 1.24. The Hall–Kier alpha value is -1.47. The van der Waals surface area contributed by atoms with Crippen molar-refractivity contribution in [2.24, 2.45) is 0 Å². The quantitative estimate of drug-likeness (QED) is 0.835. The number of nitrogens with one attached hydrogen (secondary N) is 1. The number of benzene rings is 1. The molecule has 0 unspecified atom stereocenters. The molecule has 88 valence electrons. The third-order valence-electron chi connectivity index (χ3n) is 2.02. The van der Waals surface area contributed by atoms with Gasteiger partial charge in [-0.15, -0.1) is 10.2 Å². The minimum absolute atomic E-state index is 0.264. The van der Waals surface area contributed by atoms with Crippen LogP contribution < -0.4 is 11.1 Å². The topological polar surface area (TPSA) is 80.9 Å². The van der Waals surface area contributed by atoms with Gasteiger partial charge in [-0.25, -0.2) is 0 Å². The van der Waals surface area contributed by atoms with Crippen LogP contribution in [0.3, 0.4) is 0 Å². The van der Waals surface area contributed by atoms with Gasteiger partial charge >= 0.3 is 0 Å². The fourth-order valence-corrected chi connectivity index (χ4v) is 2.27. The van der Waals surface area contributed by atoms with Gasteiger partial charge in [0, 0.05) is 5.69 Å². The summed E-state index contributed by atoms with van der Waals surface area (Å²) < 4.78 is 0.582. The summed E-state index contributed by atoms with van der Waals surface area (Å²) in [4.78, 5) is 11.9. The Morgan fingerprint density at radius 1 is 1.47 bits per heavy atom. The van der Waals surface area contributed by atoms with Gasteiger partial charge in [-0.2, -0.15) is 0 Å². The molecule has 0 aliphatic rings. The van der Waals surface area contributed by atoms with Crippen LogP contribution in [0.4, 0.5) is 10.8 Å². The average Bonchev–Trinajstić information content (AvgIpc) is 2.68. The molecule has 3 N–H and O–H groups in total. The zero-order chi connectivity index (χ0) is 12.4. The van der Waals surface area contributed by atoms with Crippen molar-refractivity contribution in [3.63, 3.8) is 0 Å². The average molecular weight is 313 g/mol. The first-order valence-corrected chi connectivity index (χ1v) is 6.34. The molecule has 2 aromatic rings. The molecule has 2 rings (SSSR count). The van der Waals surface area contributed by atoms with Crippen LogP contribution in [0.5, 0.6) is 0 Å². The molecule has 0 radical (unpaired) electrons. The Bertz CT molecular complexity index is 569. The van der Waals surface area contributed by atoms with E-state index >= 15 is 0 Å². The van der Waals surface area contributed by atoms with E-state index in [4.69, 9.17) is 5.73 Å². The predicted octanol–water partition coefficient (Wildman–Crippen LogP) is 2.44. The maximum absolute atomic E-state index is 11.9. The van der Waals surface area contributed by atoms with E-state index in [1.807, 2.05) is 6.92 Å². The van der Waals surface area contributed by atoms with E-state index in [1.165, 1.54) is 11.3 Å². The van der Waals surface area contributed by atoms with E-state index in [0.717, 1.165) is 5.01 Å². The van der Waals surface area contributed by atoms with E-state index in [9.17, 15) is 4.79 Å². The molecule has 1 amide bonds. The standard InChI is InChI=1S/C10H9BrN4OS/c1-5-14-15-10(17-5)13-9(16)6-3-2-4-7(12)8(6)11/h2-4H,12H2,1H3,(H,13,15,16). The molecule has 1 heterocycles. The molecule has 5 nitrogen and oxygen atoms in total. The number of hydrogen-bond acceptors (Lipinski definition) is 5. The van der Waals surface area contributed by atoms with Gasteiger partial charge in [-0.05, 0) is 35.0 Å². The highest BCUT2D eigenvalue weighted by molar-refractivity contribution is 9.10. The predicted molar refractivity (Wildman–Crippen MR) is 71.2 cm³/mol. The van der Waals surface area contributed by atoms with Crippen molar-refractivity contribution >= 4 is 44.0 Å². The number of carbonyl (C=O) groups is 1. The van der Waals surface area contributed by atoms with Gasteiger partial charge in [-0.3, -0.25) is 10.1 Å². The molecular formula is C10H9BrN4OS. The lowest BCUT2D eigenvalue weighted by atomic mass is 10.2. The molecule has 7 heteroatoms. The summed E-state index contributed by atoms with van der Waals surface area (Å²) in [5, 5.41) is 11.6. The molecule has 0 saturated carbocycles. The minimum Gasteiger partial charge on any atom is -0.398 e. The number of aromatic nitrogens is 2. The third kappa shape index (κ3) is 2.62. The zero-order valence-corrected chi connectivity index (χ0v) is 11.3. The number of nitrogens with zero attached hydrogens (tertiary/aromatic N) is 2. The maximum atomic E-state index is 11.9. The van der Waals surface area contributed by atoms with Gasteiger partial charge in [-0.1, -0.05) is 17.4 Å². The van der Waals surface area contributed by atoms with E-state index in [0.29, 0.717) is 20.9 Å². The summed E-state index contributed by atoms with van der Waals surface area (Å²) in [5.74, 6) is -0.264. The highest BCUT2D eigenvalue weighted by Gasteiger charge is 2.13. The van der Waals surface area contributed by atoms with Crippen molar-refractivity contribution in [1.29, 1.82) is 0 Å². The molecule has 0 bridgehead atoms. The van der Waals surface area contributed by atoms with Gasteiger partial charge in [0.05, 0.1) is 10.0 Å². The van der Waals surface area contributed by atoms with Crippen LogP contribution in [0.1, 0.15) is 15.4 Å². The normalized spacial score (nSPS) is 10.2. The Kier molecular flexibility index (Phi) is 3.39. The summed E-state index contributed by atoms with van der Waals surface area (Å²) in [5.41, 5.74) is 6.69. The molecule has 0 spiro atoms. The van der Waals surface area contributed by atoms with Crippen LogP contribution in [0, 0.1) is 6.92 Å². The number of halogens is 1. The molecule has 17 heavy (non-hydrogen) atoms. The van der Waals surface area contributed by atoms with Gasteiger partial charge in [0.1, 0.15) is 5.01 Å². The second-order valence-corrected chi connectivity index (χ2v) is 5.26. The van der Waals surface area contributed by atoms with Crippen LogP contribution in [0.2, 0.25) is 0 Å². The minimum atomic E-state index is -0.264. The summed E-state index contributed by atoms with van der Waals surface area (Å²) in [6.07, 6.45) is 0. The summed E-state index contributed by atoms with van der Waals surface area (Å²) in [7, 11) is 0. The Labute approximate surface area is 110 Å². The Balaban J connectivity index is 2.23. The summed E-state index contributed by atoms with van der Waals surface area (Å²) in [6.45, 7) is 1.82. The number of amides is 1. The second-order valence-electron chi connectivity index (χ2n) is 3.29. The van der Waals surface area contributed by atoms with Gasteiger partial charge < -0.3 is 5.73 Å². The smallest absolute Gasteiger partial charge is 0.258 e. The lowest BCUT2D eigenvalue weighted by molar-refractivity contribution is 0.102. The van der Waals surface area contributed by atoms with Crippen molar-refractivity contribution in [1.82, 2.24) is 10.2 Å². The van der Waals surface area contributed by atoms with E-state index < -0.39 is 0 Å². The van der Waals surface area contributed by atoms with Gasteiger partial charge in [0.2, 0.25) is 5.13 Å². The number of hydrogen-bond donors (Lipinski definition) is 2. The first kappa shape index (κ1) is 12.0. The van der Waals surface area contributed by atoms with Crippen LogP contribution >= 0.6 is 27.3 Å². The highest BCUT2D eigenvalue weighted by Crippen LogP contribution is 2.25. The van der Waals surface area contributed by atoms with Crippen molar-refractivity contribution in [3.8, 4) is 0 Å². The molecule has 0 fully saturated rings. The number of carbonyl (C=O) groups excluding carboxylic acids is 1. The van der Waals surface area contributed by atoms with Crippen molar-refractivity contribution < 1.29 is 4.79 Å². The number of aryl methyl sites for hydroxylation is 1. The van der Waals surface area contributed by atoms with Gasteiger partial charge in [0.25, 0.3) is 5.91 Å². The van der Waals surface area contributed by atoms with Crippen LogP contribution in [-0.2, 0) is 0 Å². The first-order valence-electron chi connectivity index (χ1n) is 4.73. The Morgan fingerprint density at radius 3 is 2.88 bits per heavy atom. The molecular weight excluding hydrogens is 304 g/mol. The van der Waals surface area contributed by atoms with Crippen LogP contribution in [-0.4, -0.2) is 16.1 Å². The van der Waals surface area contributed by atoms with E-state index in [2.05, 4.69) is 31.4 Å². The van der Waals surface area contributed by atoms with Crippen LogP contribution in [0.25, 0.3) is 0 Å². The molecule has 1 aromatic carbocycles. The third-order valence-corrected chi connectivity index (χ3v) is 3.66. The summed E-state index contributed by atoms with van der Waals surface area (Å²) >= 11 is 4.60. The van der Waals surface area contributed by atoms with E-state index in [-0.39, 0.29) is 5.91 Å². The lowest BCUT2D eigenvalue weighted by Crippen LogP contribution is -2.13. The maximum Gasteiger partial charge on any atom is 0.258 e. The van der Waals surface area contributed by atoms with Gasteiger partial charge in [0.15, 0.2) is 0 Å². The number of anilines is 2. The molecule has 0 saturated heterocycles. The molecule has 0 aliphatic carbocycles. The van der Waals surface area contributed by atoms with Crippen LogP contribution in [0.15, 0.2) is 22.7 Å². The molecule has 0 aliphatic heterocycles. The second kappa shape index (κ2) is 4.80. The van der Waals surface area contributed by atoms with Crippen molar-refractivity contribution in [3.05, 3.63) is 33.2 Å². The molecule has 1 aromatic heterocycles. The highest BCUT2D eigenvalue weighted by atomic mass is 79.9. The Morgan fingerprint density at radius 2 is 2.24 bits per heavy atom. The summed E-state index contributed by atoms with van der Waals surface area (Å²) in [6, 6.07) is 5.12. The first-order chi connectivity index (χ1) is 8.08. The van der Waals surface area contributed by atoms with E-state index in [1.54, 1.807) is 18.2 Å². The number of nitrogens with two attached hydrogens (primary N) is 1. The number of rotatable bonds is 2.